The van der Waals surface area contributed by atoms with Gasteiger partial charge in [0.25, 0.3) is 0 Å². The van der Waals surface area contributed by atoms with Crippen molar-refractivity contribution >= 4 is 17.5 Å². The van der Waals surface area contributed by atoms with E-state index in [1.165, 1.54) is 11.9 Å². The molecule has 0 radical (unpaired) electrons. The smallest absolute Gasteiger partial charge is 0.237 e. The van der Waals surface area contributed by atoms with Crippen LogP contribution in [0.4, 0.5) is 0 Å². The summed E-state index contributed by atoms with van der Waals surface area (Å²) >= 11 is 6.04. The Kier molecular flexibility index (Phi) is 6.99. The monoisotopic (exact) mass is 488 g/mol. The fraction of sp³-hybridized carbons (Fsp3) is 0.269. The number of nitrogens with one attached hydrogen (secondary N) is 1. The molecule has 0 saturated carbocycles. The Labute approximate surface area is 208 Å². The normalized spacial score (nSPS) is 17.6. The lowest BCUT2D eigenvalue weighted by Gasteiger charge is -2.18. The van der Waals surface area contributed by atoms with Crippen molar-refractivity contribution in [2.45, 2.75) is 25.2 Å². The van der Waals surface area contributed by atoms with Crippen LogP contribution in [0, 0.1) is 5.92 Å². The van der Waals surface area contributed by atoms with Gasteiger partial charge in [-0.15, -0.1) is 0 Å². The van der Waals surface area contributed by atoms with Gasteiger partial charge in [-0.2, -0.15) is 5.10 Å². The minimum Gasteiger partial charge on any atom is -0.437 e. The summed E-state index contributed by atoms with van der Waals surface area (Å²) in [4.78, 5) is 27.9. The molecule has 9 heteroatoms. The maximum Gasteiger partial charge on any atom is 0.237 e. The first-order valence-corrected chi connectivity index (χ1v) is 11.9. The van der Waals surface area contributed by atoms with Gasteiger partial charge in [0.15, 0.2) is 0 Å². The lowest BCUT2D eigenvalue weighted by molar-refractivity contribution is -0.131. The molecule has 0 aliphatic carbocycles. The van der Waals surface area contributed by atoms with E-state index in [2.05, 4.69) is 31.2 Å². The fourth-order valence-corrected chi connectivity index (χ4v) is 4.68. The molecular formula is C26H25ClN6O2. The van der Waals surface area contributed by atoms with Gasteiger partial charge in [0.05, 0.1) is 6.20 Å². The van der Waals surface area contributed by atoms with Crippen molar-refractivity contribution in [3.05, 3.63) is 95.4 Å². The second-order valence-corrected chi connectivity index (χ2v) is 9.00. The molecule has 8 nitrogen and oxygen atoms in total. The van der Waals surface area contributed by atoms with Crippen LogP contribution in [0.2, 0.25) is 5.02 Å². The Bertz CT molecular complexity index is 1250. The van der Waals surface area contributed by atoms with Gasteiger partial charge in [0.1, 0.15) is 17.9 Å². The van der Waals surface area contributed by atoms with Gasteiger partial charge in [0, 0.05) is 48.8 Å². The summed E-state index contributed by atoms with van der Waals surface area (Å²) in [5.41, 5.74) is 2.24. The number of likely N-dealkylation sites (tertiary alicyclic amines) is 1. The Morgan fingerprint density at radius 3 is 2.74 bits per heavy atom. The van der Waals surface area contributed by atoms with Crippen molar-refractivity contribution in [1.82, 2.24) is 30.0 Å². The van der Waals surface area contributed by atoms with Crippen LogP contribution in [-0.4, -0.2) is 49.0 Å². The summed E-state index contributed by atoms with van der Waals surface area (Å²) in [7, 11) is 0. The standard InChI is InChI=1S/C26H25ClN6O2/c27-20-7-4-18(5-8-20)6-9-22-23(16-33(26(22)34)13-10-24-30-17-31-32-24)19-2-1-3-21(14-19)35-25-15-28-11-12-29-25/h1-5,7-8,11-12,14-15,17,22-23H,6,9-10,13,16H2,(H,30,31,32)/t22?,23-/m1/s1. The number of carbonyl (C=O) groups excluding carboxylic acids is 1. The van der Waals surface area contributed by atoms with Gasteiger partial charge in [-0.25, -0.2) is 9.97 Å². The number of hydrogen-bond donors (Lipinski definition) is 1. The largest absolute Gasteiger partial charge is 0.437 e. The fourth-order valence-electron chi connectivity index (χ4n) is 4.56. The third kappa shape index (κ3) is 5.66. The Balaban J connectivity index is 1.35. The van der Waals surface area contributed by atoms with Crippen molar-refractivity contribution in [3.8, 4) is 11.6 Å². The van der Waals surface area contributed by atoms with Crippen molar-refractivity contribution in [1.29, 1.82) is 0 Å². The number of amides is 1. The first kappa shape index (κ1) is 23.0. The molecule has 1 saturated heterocycles. The Morgan fingerprint density at radius 1 is 1.09 bits per heavy atom. The van der Waals surface area contributed by atoms with Gasteiger partial charge in [-0.3, -0.25) is 14.9 Å². The van der Waals surface area contributed by atoms with Crippen molar-refractivity contribution in [3.63, 3.8) is 0 Å². The molecule has 1 aliphatic rings. The second-order valence-electron chi connectivity index (χ2n) is 8.56. The summed E-state index contributed by atoms with van der Waals surface area (Å²) in [6.07, 6.45) is 8.45. The minimum absolute atomic E-state index is 0.0509. The lowest BCUT2D eigenvalue weighted by Crippen LogP contribution is -2.29. The Morgan fingerprint density at radius 2 is 1.97 bits per heavy atom. The van der Waals surface area contributed by atoms with Crippen molar-refractivity contribution in [2.75, 3.05) is 13.1 Å². The quantitative estimate of drug-likeness (QED) is 0.373. The summed E-state index contributed by atoms with van der Waals surface area (Å²) < 4.78 is 5.90. The van der Waals surface area contributed by atoms with Gasteiger partial charge in [0.2, 0.25) is 11.8 Å². The van der Waals surface area contributed by atoms with Crippen LogP contribution < -0.4 is 4.74 Å². The number of hydrogen-bond acceptors (Lipinski definition) is 6. The number of H-pyrrole nitrogens is 1. The zero-order valence-electron chi connectivity index (χ0n) is 19.0. The van der Waals surface area contributed by atoms with E-state index in [-0.39, 0.29) is 17.7 Å². The third-order valence-corrected chi connectivity index (χ3v) is 6.57. The summed E-state index contributed by atoms with van der Waals surface area (Å²) in [6, 6.07) is 15.7. The molecule has 5 rings (SSSR count). The molecule has 0 bridgehead atoms. The van der Waals surface area contributed by atoms with Crippen molar-refractivity contribution in [2.24, 2.45) is 5.92 Å². The molecule has 1 aliphatic heterocycles. The first-order valence-electron chi connectivity index (χ1n) is 11.6. The number of aromatic amines is 1. The SMILES string of the molecule is O=C1C(CCc2ccc(Cl)cc2)[C@@H](c2cccc(Oc3cnccn3)c2)CN1CCc1ncn[nH]1. The third-order valence-electron chi connectivity index (χ3n) is 6.32. The number of carbonyl (C=O) groups is 1. The van der Waals surface area contributed by atoms with Gasteiger partial charge < -0.3 is 9.64 Å². The number of aromatic nitrogens is 5. The van der Waals surface area contributed by atoms with Crippen LogP contribution in [-0.2, 0) is 17.6 Å². The van der Waals surface area contributed by atoms with E-state index in [9.17, 15) is 4.79 Å². The zero-order chi connectivity index (χ0) is 24.0. The molecule has 1 N–H and O–H groups in total. The molecule has 2 aromatic carbocycles. The second kappa shape index (κ2) is 10.7. The molecule has 3 heterocycles. The molecule has 2 atom stereocenters. The van der Waals surface area contributed by atoms with Crippen LogP contribution in [0.5, 0.6) is 11.6 Å². The number of rotatable bonds is 9. The molecule has 0 spiro atoms. The molecule has 2 aromatic heterocycles. The summed E-state index contributed by atoms with van der Waals surface area (Å²) in [6.45, 7) is 1.24. The van der Waals surface area contributed by atoms with E-state index in [0.29, 0.717) is 36.2 Å². The molecular weight excluding hydrogens is 464 g/mol. The number of halogens is 1. The van der Waals surface area contributed by atoms with E-state index in [1.807, 2.05) is 47.4 Å². The van der Waals surface area contributed by atoms with Crippen molar-refractivity contribution < 1.29 is 9.53 Å². The predicted molar refractivity (Wildman–Crippen MR) is 131 cm³/mol. The van der Waals surface area contributed by atoms with E-state index >= 15 is 0 Å². The van der Waals surface area contributed by atoms with Gasteiger partial charge in [-0.1, -0.05) is 35.9 Å². The highest BCUT2D eigenvalue weighted by atomic mass is 35.5. The minimum atomic E-state index is -0.132. The maximum absolute atomic E-state index is 13.5. The van der Waals surface area contributed by atoms with Crippen LogP contribution in [0.15, 0.2) is 73.4 Å². The topological polar surface area (TPSA) is 96.9 Å². The van der Waals surface area contributed by atoms with Gasteiger partial charge in [-0.05, 0) is 48.2 Å². The Hall–Kier alpha value is -3.78. The summed E-state index contributed by atoms with van der Waals surface area (Å²) in [5.74, 6) is 1.97. The molecule has 1 amide bonds. The van der Waals surface area contributed by atoms with E-state index < -0.39 is 0 Å². The molecule has 4 aromatic rings. The van der Waals surface area contributed by atoms with Crippen LogP contribution in [0.3, 0.4) is 0 Å². The molecule has 35 heavy (non-hydrogen) atoms. The average molecular weight is 489 g/mol. The molecule has 1 unspecified atom stereocenters. The predicted octanol–water partition coefficient (Wildman–Crippen LogP) is 4.46. The molecule has 1 fully saturated rings. The van der Waals surface area contributed by atoms with E-state index in [4.69, 9.17) is 16.3 Å². The highest BCUT2D eigenvalue weighted by molar-refractivity contribution is 6.30. The van der Waals surface area contributed by atoms with Crippen LogP contribution >= 0.6 is 11.6 Å². The van der Waals surface area contributed by atoms with Gasteiger partial charge >= 0.3 is 0 Å². The lowest BCUT2D eigenvalue weighted by atomic mass is 9.84. The van der Waals surface area contributed by atoms with Crippen LogP contribution in [0.1, 0.15) is 29.3 Å². The number of nitrogens with zero attached hydrogens (tertiary/aromatic N) is 5. The van der Waals surface area contributed by atoms with Crippen LogP contribution in [0.25, 0.3) is 0 Å². The average Bonchev–Trinajstić information content (AvgIpc) is 3.51. The first-order chi connectivity index (χ1) is 17.2. The maximum atomic E-state index is 13.5. The number of aryl methyl sites for hydroxylation is 1. The highest BCUT2D eigenvalue weighted by Crippen LogP contribution is 2.38. The highest BCUT2D eigenvalue weighted by Gasteiger charge is 2.40. The van der Waals surface area contributed by atoms with E-state index in [1.54, 1.807) is 18.6 Å². The summed E-state index contributed by atoms with van der Waals surface area (Å²) in [5, 5.41) is 7.49. The number of benzene rings is 2. The zero-order valence-corrected chi connectivity index (χ0v) is 19.8. The molecule has 178 valence electrons. The number of ether oxygens (including phenoxy) is 1. The van der Waals surface area contributed by atoms with E-state index in [0.717, 1.165) is 24.2 Å².